The zero-order valence-corrected chi connectivity index (χ0v) is 12.1. The van der Waals surface area contributed by atoms with E-state index < -0.39 is 0 Å². The molecule has 3 atom stereocenters. The van der Waals surface area contributed by atoms with Crippen molar-refractivity contribution in [2.24, 2.45) is 5.92 Å². The minimum atomic E-state index is 0.112. The van der Waals surface area contributed by atoms with Crippen LogP contribution in [0.3, 0.4) is 0 Å². The van der Waals surface area contributed by atoms with Gasteiger partial charge in [0.2, 0.25) is 0 Å². The van der Waals surface area contributed by atoms with E-state index in [0.717, 1.165) is 24.6 Å². The predicted molar refractivity (Wildman–Crippen MR) is 77.2 cm³/mol. The van der Waals surface area contributed by atoms with E-state index in [4.69, 9.17) is 11.2 Å². The molecule has 0 aromatic rings. The van der Waals surface area contributed by atoms with E-state index >= 15 is 0 Å². The number of allylic oxidation sites excluding steroid dienone is 1. The molecule has 1 unspecified atom stereocenters. The standard InChI is InChI=1S/C15H21BrO/c1-4-6-14-10-9-13(3)15(17-14)8-5-7-12(2)11-16/h1,9-10,13-15H,2,5-8,11H2,3H3/t13-,14+,15?/m0/s1. The van der Waals surface area contributed by atoms with Gasteiger partial charge in [0, 0.05) is 17.7 Å². The van der Waals surface area contributed by atoms with Gasteiger partial charge in [-0.25, -0.2) is 0 Å². The molecule has 1 heterocycles. The van der Waals surface area contributed by atoms with Crippen LogP contribution < -0.4 is 0 Å². The van der Waals surface area contributed by atoms with E-state index in [1.807, 2.05) is 0 Å². The average Bonchev–Trinajstić information content (AvgIpc) is 2.33. The van der Waals surface area contributed by atoms with Crippen molar-refractivity contribution in [3.8, 4) is 12.3 Å². The summed E-state index contributed by atoms with van der Waals surface area (Å²) in [6.45, 7) is 6.19. The molecule has 0 saturated carbocycles. The molecular weight excluding hydrogens is 276 g/mol. The molecule has 1 rings (SSSR count). The first-order chi connectivity index (χ1) is 8.17. The maximum Gasteiger partial charge on any atom is 0.0869 e. The Morgan fingerprint density at radius 1 is 1.53 bits per heavy atom. The fraction of sp³-hybridized carbons (Fsp3) is 0.600. The SMILES string of the molecule is C#CC[C@@H]1C=C[C@H](C)C(CCCC(=C)CBr)O1. The Morgan fingerprint density at radius 3 is 2.94 bits per heavy atom. The number of hydrogen-bond acceptors (Lipinski definition) is 1. The second-order valence-corrected chi connectivity index (χ2v) is 5.20. The van der Waals surface area contributed by atoms with Crippen molar-refractivity contribution in [2.45, 2.75) is 44.8 Å². The summed E-state index contributed by atoms with van der Waals surface area (Å²) < 4.78 is 5.98. The molecule has 17 heavy (non-hydrogen) atoms. The van der Waals surface area contributed by atoms with Crippen LogP contribution in [-0.2, 0) is 4.74 Å². The van der Waals surface area contributed by atoms with Crippen molar-refractivity contribution >= 4 is 15.9 Å². The molecule has 0 radical (unpaired) electrons. The Labute approximate surface area is 113 Å². The number of halogens is 1. The van der Waals surface area contributed by atoms with Crippen LogP contribution in [0.4, 0.5) is 0 Å². The molecular formula is C15H21BrO. The normalized spacial score (nSPS) is 27.7. The smallest absolute Gasteiger partial charge is 0.0869 e. The fourth-order valence-corrected chi connectivity index (χ4v) is 2.28. The largest absolute Gasteiger partial charge is 0.369 e. The maximum atomic E-state index is 5.98. The van der Waals surface area contributed by atoms with Crippen LogP contribution >= 0.6 is 15.9 Å². The molecule has 0 aromatic carbocycles. The van der Waals surface area contributed by atoms with Gasteiger partial charge in [0.05, 0.1) is 12.2 Å². The lowest BCUT2D eigenvalue weighted by atomic mass is 9.94. The zero-order valence-electron chi connectivity index (χ0n) is 10.5. The lowest BCUT2D eigenvalue weighted by molar-refractivity contribution is -0.0203. The zero-order chi connectivity index (χ0) is 12.7. The number of ether oxygens (including phenoxy) is 1. The molecule has 0 spiro atoms. The van der Waals surface area contributed by atoms with Crippen LogP contribution in [0.5, 0.6) is 0 Å². The molecule has 0 saturated heterocycles. The van der Waals surface area contributed by atoms with Gasteiger partial charge in [-0.15, -0.1) is 12.3 Å². The first kappa shape index (κ1) is 14.5. The quantitative estimate of drug-likeness (QED) is 0.407. The van der Waals surface area contributed by atoms with Crippen molar-refractivity contribution in [3.05, 3.63) is 24.3 Å². The highest BCUT2D eigenvalue weighted by atomic mass is 79.9. The Balaban J connectivity index is 2.35. The van der Waals surface area contributed by atoms with E-state index in [1.165, 1.54) is 5.57 Å². The van der Waals surface area contributed by atoms with Gasteiger partial charge < -0.3 is 4.74 Å². The number of alkyl halides is 1. The van der Waals surface area contributed by atoms with Gasteiger partial charge in [0.25, 0.3) is 0 Å². The van der Waals surface area contributed by atoms with Crippen molar-refractivity contribution < 1.29 is 4.74 Å². The molecule has 0 aromatic heterocycles. The highest BCUT2D eigenvalue weighted by Gasteiger charge is 2.23. The first-order valence-electron chi connectivity index (χ1n) is 6.17. The minimum Gasteiger partial charge on any atom is -0.369 e. The van der Waals surface area contributed by atoms with E-state index in [2.05, 4.69) is 47.5 Å². The van der Waals surface area contributed by atoms with E-state index in [9.17, 15) is 0 Å². The monoisotopic (exact) mass is 296 g/mol. The molecule has 1 nitrogen and oxygen atoms in total. The molecule has 0 bridgehead atoms. The Bertz CT molecular complexity index is 313. The summed E-state index contributed by atoms with van der Waals surface area (Å²) in [5.41, 5.74) is 1.25. The fourth-order valence-electron chi connectivity index (χ4n) is 2.00. The summed E-state index contributed by atoms with van der Waals surface area (Å²) in [6.07, 6.45) is 14.0. The molecule has 94 valence electrons. The number of rotatable bonds is 6. The van der Waals surface area contributed by atoms with Gasteiger partial charge >= 0.3 is 0 Å². The highest BCUT2D eigenvalue weighted by molar-refractivity contribution is 9.09. The summed E-state index contributed by atoms with van der Waals surface area (Å²) in [4.78, 5) is 0. The summed E-state index contributed by atoms with van der Waals surface area (Å²) in [7, 11) is 0. The van der Waals surface area contributed by atoms with Crippen molar-refractivity contribution in [1.82, 2.24) is 0 Å². The predicted octanol–water partition coefficient (Wildman–Crippen LogP) is 4.09. The molecule has 0 amide bonds. The van der Waals surface area contributed by atoms with Gasteiger partial charge in [0.15, 0.2) is 0 Å². The third-order valence-corrected chi connectivity index (χ3v) is 3.89. The van der Waals surface area contributed by atoms with Crippen LogP contribution in [0, 0.1) is 18.3 Å². The van der Waals surface area contributed by atoms with Gasteiger partial charge in [-0.05, 0) is 19.3 Å². The van der Waals surface area contributed by atoms with Crippen LogP contribution in [0.15, 0.2) is 24.3 Å². The van der Waals surface area contributed by atoms with E-state index in [1.54, 1.807) is 0 Å². The maximum absolute atomic E-state index is 5.98. The lowest BCUT2D eigenvalue weighted by Gasteiger charge is -2.30. The average molecular weight is 297 g/mol. The summed E-state index contributed by atoms with van der Waals surface area (Å²) >= 11 is 3.42. The van der Waals surface area contributed by atoms with Crippen LogP contribution in [0.25, 0.3) is 0 Å². The molecule has 2 heteroatoms. The van der Waals surface area contributed by atoms with Crippen molar-refractivity contribution in [3.63, 3.8) is 0 Å². The summed E-state index contributed by atoms with van der Waals surface area (Å²) in [6, 6.07) is 0. The topological polar surface area (TPSA) is 9.23 Å². The van der Waals surface area contributed by atoms with Gasteiger partial charge in [-0.1, -0.05) is 47.2 Å². The Kier molecular flexibility index (Phi) is 6.62. The minimum absolute atomic E-state index is 0.112. The van der Waals surface area contributed by atoms with Gasteiger partial charge in [-0.2, -0.15) is 0 Å². The van der Waals surface area contributed by atoms with Gasteiger partial charge in [0.1, 0.15) is 0 Å². The third-order valence-electron chi connectivity index (χ3n) is 3.09. The van der Waals surface area contributed by atoms with Crippen LogP contribution in [0.2, 0.25) is 0 Å². The van der Waals surface area contributed by atoms with Crippen LogP contribution in [0.1, 0.15) is 32.6 Å². The van der Waals surface area contributed by atoms with Crippen molar-refractivity contribution in [2.75, 3.05) is 5.33 Å². The van der Waals surface area contributed by atoms with Crippen LogP contribution in [-0.4, -0.2) is 17.5 Å². The number of terminal acetylenes is 1. The third kappa shape index (κ3) is 5.10. The summed E-state index contributed by atoms with van der Waals surface area (Å²) in [5.74, 6) is 3.15. The Morgan fingerprint density at radius 2 is 2.29 bits per heavy atom. The van der Waals surface area contributed by atoms with E-state index in [-0.39, 0.29) is 6.10 Å². The lowest BCUT2D eigenvalue weighted by Crippen LogP contribution is -2.29. The summed E-state index contributed by atoms with van der Waals surface area (Å²) in [5, 5.41) is 0.897. The second kappa shape index (κ2) is 7.74. The van der Waals surface area contributed by atoms with E-state index in [0.29, 0.717) is 18.4 Å². The number of hydrogen-bond donors (Lipinski definition) is 0. The molecule has 0 fully saturated rings. The first-order valence-corrected chi connectivity index (χ1v) is 7.29. The Hall–Kier alpha value is -0.520. The molecule has 1 aliphatic heterocycles. The second-order valence-electron chi connectivity index (χ2n) is 4.64. The van der Waals surface area contributed by atoms with Crippen molar-refractivity contribution in [1.29, 1.82) is 0 Å². The van der Waals surface area contributed by atoms with Gasteiger partial charge in [-0.3, -0.25) is 0 Å². The molecule has 0 N–H and O–H groups in total. The molecule has 1 aliphatic rings. The highest BCUT2D eigenvalue weighted by Crippen LogP contribution is 2.24. The molecule has 0 aliphatic carbocycles.